The van der Waals surface area contributed by atoms with E-state index in [1.165, 1.54) is 12.1 Å². The molecule has 0 amide bonds. The van der Waals surface area contributed by atoms with Gasteiger partial charge in [-0.2, -0.15) is 0 Å². The lowest BCUT2D eigenvalue weighted by atomic mass is 9.85. The molecule has 0 aromatic heterocycles. The molecule has 1 atom stereocenters. The van der Waals surface area contributed by atoms with Gasteiger partial charge < -0.3 is 9.47 Å². The van der Waals surface area contributed by atoms with Gasteiger partial charge in [0.15, 0.2) is 26.9 Å². The second kappa shape index (κ2) is 12.7. The Morgan fingerprint density at radius 3 is 1.95 bits per heavy atom. The monoisotopic (exact) mass is 537 g/mol. The zero-order valence-electron chi connectivity index (χ0n) is 21.6. The second-order valence-corrected chi connectivity index (χ2v) is 11.5. The molecule has 0 bridgehead atoms. The van der Waals surface area contributed by atoms with Crippen molar-refractivity contribution in [3.05, 3.63) is 121 Å². The molecular formula is C34H30FO3S+. The quantitative estimate of drug-likeness (QED) is 0.138. The van der Waals surface area contributed by atoms with Gasteiger partial charge in [-0.15, -0.1) is 0 Å². The molecule has 196 valence electrons. The Labute approximate surface area is 232 Å². The molecule has 4 aromatic rings. The number of rotatable bonds is 7. The molecule has 5 heteroatoms. The van der Waals surface area contributed by atoms with E-state index < -0.39 is 22.5 Å². The Morgan fingerprint density at radius 2 is 1.31 bits per heavy atom. The third-order valence-corrected chi connectivity index (χ3v) is 8.85. The smallest absolute Gasteiger partial charge is 0.345 e. The summed E-state index contributed by atoms with van der Waals surface area (Å²) in [6.45, 7) is -0.184. The van der Waals surface area contributed by atoms with E-state index in [0.717, 1.165) is 52.4 Å². The molecule has 0 N–H and O–H groups in total. The fraction of sp³-hybridized carbons (Fsp3) is 0.206. The Morgan fingerprint density at radius 1 is 0.744 bits per heavy atom. The number of benzene rings is 4. The predicted molar refractivity (Wildman–Crippen MR) is 152 cm³/mol. The molecule has 5 rings (SSSR count). The third kappa shape index (κ3) is 7.10. The van der Waals surface area contributed by atoms with Crippen molar-refractivity contribution < 1.29 is 18.7 Å². The minimum atomic E-state index is -0.766. The SMILES string of the molecule is O=C(COc1ccc([S+](c2ccccc2)c2ccc(F)cc2)cc1)OC1(C#Cc2ccccc2)CCCCC1. The van der Waals surface area contributed by atoms with Crippen LogP contribution in [0.5, 0.6) is 5.75 Å². The lowest BCUT2D eigenvalue weighted by molar-refractivity contribution is -0.159. The highest BCUT2D eigenvalue weighted by molar-refractivity contribution is 7.97. The van der Waals surface area contributed by atoms with Crippen LogP contribution in [0.4, 0.5) is 4.39 Å². The first-order valence-electron chi connectivity index (χ1n) is 13.2. The van der Waals surface area contributed by atoms with Crippen molar-refractivity contribution in [2.75, 3.05) is 6.61 Å². The van der Waals surface area contributed by atoms with Crippen molar-refractivity contribution in [1.29, 1.82) is 0 Å². The van der Waals surface area contributed by atoms with Crippen molar-refractivity contribution in [2.45, 2.75) is 52.4 Å². The molecule has 1 aliphatic rings. The number of ether oxygens (including phenoxy) is 2. The van der Waals surface area contributed by atoms with E-state index in [2.05, 4.69) is 24.0 Å². The highest BCUT2D eigenvalue weighted by Gasteiger charge is 2.34. The van der Waals surface area contributed by atoms with Gasteiger partial charge >= 0.3 is 5.97 Å². The van der Waals surface area contributed by atoms with Crippen LogP contribution in [0.15, 0.2) is 124 Å². The number of hydrogen-bond donors (Lipinski definition) is 0. The third-order valence-electron chi connectivity index (χ3n) is 6.62. The molecule has 0 heterocycles. The molecule has 1 fully saturated rings. The normalized spacial score (nSPS) is 14.9. The van der Waals surface area contributed by atoms with Crippen molar-refractivity contribution >= 4 is 16.9 Å². The maximum Gasteiger partial charge on any atom is 0.345 e. The number of esters is 1. The van der Waals surface area contributed by atoms with Gasteiger partial charge in [0, 0.05) is 5.56 Å². The van der Waals surface area contributed by atoms with Crippen LogP contribution in [0, 0.1) is 17.7 Å². The topological polar surface area (TPSA) is 35.5 Å². The summed E-state index contributed by atoms with van der Waals surface area (Å²) < 4.78 is 25.3. The molecule has 39 heavy (non-hydrogen) atoms. The van der Waals surface area contributed by atoms with Crippen LogP contribution >= 0.6 is 0 Å². The molecule has 0 saturated heterocycles. The summed E-state index contributed by atoms with van der Waals surface area (Å²) in [5.41, 5.74) is 0.141. The Hall–Kier alpha value is -4.01. The molecule has 1 aliphatic carbocycles. The van der Waals surface area contributed by atoms with Crippen molar-refractivity contribution in [1.82, 2.24) is 0 Å². The van der Waals surface area contributed by atoms with Gasteiger partial charge in [0.2, 0.25) is 0 Å². The molecule has 4 aromatic carbocycles. The lowest BCUT2D eigenvalue weighted by Crippen LogP contribution is -2.37. The summed E-state index contributed by atoms with van der Waals surface area (Å²) in [6, 6.07) is 34.3. The molecular weight excluding hydrogens is 507 g/mol. The molecule has 0 radical (unpaired) electrons. The zero-order chi connectivity index (χ0) is 26.9. The molecule has 0 aliphatic heterocycles. The average molecular weight is 538 g/mol. The Kier molecular flexibility index (Phi) is 8.65. The lowest BCUT2D eigenvalue weighted by Gasteiger charge is -2.32. The van der Waals surface area contributed by atoms with E-state index in [-0.39, 0.29) is 12.4 Å². The van der Waals surface area contributed by atoms with Crippen LogP contribution < -0.4 is 4.74 Å². The Balaban J connectivity index is 1.26. The number of halogens is 1. The van der Waals surface area contributed by atoms with Crippen molar-refractivity contribution in [3.63, 3.8) is 0 Å². The highest BCUT2D eigenvalue weighted by Crippen LogP contribution is 2.33. The van der Waals surface area contributed by atoms with Gasteiger partial charge in [-0.1, -0.05) is 48.7 Å². The van der Waals surface area contributed by atoms with Crippen molar-refractivity contribution in [2.24, 2.45) is 0 Å². The maximum absolute atomic E-state index is 13.6. The average Bonchev–Trinajstić information content (AvgIpc) is 2.98. The number of carbonyl (C=O) groups is 1. The number of hydrogen-bond acceptors (Lipinski definition) is 3. The van der Waals surface area contributed by atoms with E-state index >= 15 is 0 Å². The van der Waals surface area contributed by atoms with E-state index in [9.17, 15) is 9.18 Å². The van der Waals surface area contributed by atoms with E-state index in [1.54, 1.807) is 0 Å². The van der Waals surface area contributed by atoms with E-state index in [0.29, 0.717) is 5.75 Å². The van der Waals surface area contributed by atoms with Gasteiger partial charge in [0.05, 0.1) is 10.9 Å². The standard InChI is InChI=1S/C34H30FO3S/c35-28-14-18-31(19-15-28)39(30-12-6-2-7-13-30)32-20-16-29(17-21-32)37-26-33(36)38-34(23-8-3-9-24-34)25-22-27-10-4-1-5-11-27/h1-2,4-7,10-21H,3,8-9,23-24,26H2/q+1. The zero-order valence-corrected chi connectivity index (χ0v) is 22.5. The summed E-state index contributed by atoms with van der Waals surface area (Å²) in [6.07, 6.45) is 4.56. The van der Waals surface area contributed by atoms with Gasteiger partial charge in [-0.3, -0.25) is 0 Å². The Bertz CT molecular complexity index is 1420. The fourth-order valence-electron chi connectivity index (χ4n) is 4.68. The van der Waals surface area contributed by atoms with E-state index in [1.807, 2.05) is 84.9 Å². The molecule has 0 spiro atoms. The van der Waals surface area contributed by atoms with Crippen LogP contribution in [0.1, 0.15) is 37.7 Å². The summed E-state index contributed by atoms with van der Waals surface area (Å²) in [5, 5.41) is 0. The van der Waals surface area contributed by atoms with Crippen LogP contribution in [-0.2, 0) is 20.4 Å². The first-order chi connectivity index (χ1) is 19.1. The summed E-state index contributed by atoms with van der Waals surface area (Å²) in [7, 11) is -0.402. The van der Waals surface area contributed by atoms with Crippen molar-refractivity contribution in [3.8, 4) is 17.6 Å². The summed E-state index contributed by atoms with van der Waals surface area (Å²) in [4.78, 5) is 16.1. The molecule has 1 saturated carbocycles. The first kappa shape index (κ1) is 26.6. The summed E-state index contributed by atoms with van der Waals surface area (Å²) in [5.74, 6) is 6.36. The fourth-order valence-corrected chi connectivity index (χ4v) is 6.74. The minimum absolute atomic E-state index is 0.184. The van der Waals surface area contributed by atoms with E-state index in [4.69, 9.17) is 9.47 Å². The summed E-state index contributed by atoms with van der Waals surface area (Å²) >= 11 is 0. The largest absolute Gasteiger partial charge is 0.482 e. The van der Waals surface area contributed by atoms with Gasteiger partial charge in [0.1, 0.15) is 11.6 Å². The van der Waals surface area contributed by atoms with Crippen LogP contribution in [0.25, 0.3) is 0 Å². The van der Waals surface area contributed by atoms with Crippen LogP contribution in [-0.4, -0.2) is 18.2 Å². The maximum atomic E-state index is 13.6. The first-order valence-corrected chi connectivity index (χ1v) is 14.4. The highest BCUT2D eigenvalue weighted by atomic mass is 32.2. The number of carbonyl (C=O) groups excluding carboxylic acids is 1. The second-order valence-electron chi connectivity index (χ2n) is 9.48. The van der Waals surface area contributed by atoms with Crippen LogP contribution in [0.2, 0.25) is 0 Å². The molecule has 3 nitrogen and oxygen atoms in total. The predicted octanol–water partition coefficient (Wildman–Crippen LogP) is 7.60. The van der Waals surface area contributed by atoms with Gasteiger partial charge in [-0.05, 0) is 104 Å². The van der Waals surface area contributed by atoms with Gasteiger partial charge in [0.25, 0.3) is 0 Å². The molecule has 1 unspecified atom stereocenters. The van der Waals surface area contributed by atoms with Gasteiger partial charge in [-0.25, -0.2) is 9.18 Å². The minimum Gasteiger partial charge on any atom is -0.482 e. The van der Waals surface area contributed by atoms with Crippen LogP contribution in [0.3, 0.4) is 0 Å².